The van der Waals surface area contributed by atoms with E-state index in [1.807, 2.05) is 22.8 Å². The maximum absolute atomic E-state index is 13.0. The molecular formula is C18H28N4O2. The predicted octanol–water partition coefficient (Wildman–Crippen LogP) is 2.32. The molecule has 1 atom stereocenters. The first-order chi connectivity index (χ1) is 11.4. The third-order valence-electron chi connectivity index (χ3n) is 5.25. The summed E-state index contributed by atoms with van der Waals surface area (Å²) in [4.78, 5) is 28.8. The molecule has 3 rings (SSSR count). The average molecular weight is 332 g/mol. The molecule has 2 aliphatic rings. The molecule has 0 aromatic carbocycles. The molecule has 0 saturated carbocycles. The van der Waals surface area contributed by atoms with Crippen LogP contribution >= 0.6 is 0 Å². The lowest BCUT2D eigenvalue weighted by Crippen LogP contribution is -2.50. The standard InChI is InChI=1S/C18H28N4O2/c1-12(2)22-13(3)10-16(14(22)4)17(23)20-8-5-6-15(11-20)21-9-7-19-18(21)24/h10,12,15H,5-9,11H2,1-4H3,(H,19,24)/t15-/m1/s1. The lowest BCUT2D eigenvalue weighted by Gasteiger charge is -2.37. The van der Waals surface area contributed by atoms with Crippen LogP contribution in [0.15, 0.2) is 6.07 Å². The molecule has 0 spiro atoms. The van der Waals surface area contributed by atoms with Gasteiger partial charge in [-0.1, -0.05) is 0 Å². The van der Waals surface area contributed by atoms with Crippen molar-refractivity contribution >= 4 is 11.9 Å². The van der Waals surface area contributed by atoms with Gasteiger partial charge < -0.3 is 19.7 Å². The van der Waals surface area contributed by atoms with Crippen molar-refractivity contribution < 1.29 is 9.59 Å². The van der Waals surface area contributed by atoms with Crippen LogP contribution in [-0.2, 0) is 0 Å². The molecule has 2 fully saturated rings. The Bertz CT molecular complexity index is 650. The summed E-state index contributed by atoms with van der Waals surface area (Å²) >= 11 is 0. The Kier molecular flexibility index (Phi) is 4.56. The van der Waals surface area contributed by atoms with E-state index in [0.29, 0.717) is 19.1 Å². The van der Waals surface area contributed by atoms with Crippen molar-refractivity contribution in [2.24, 2.45) is 0 Å². The van der Waals surface area contributed by atoms with Gasteiger partial charge in [-0.05, 0) is 46.6 Å². The first kappa shape index (κ1) is 16.9. The number of nitrogens with one attached hydrogen (secondary N) is 1. The van der Waals surface area contributed by atoms with E-state index in [1.54, 1.807) is 0 Å². The van der Waals surface area contributed by atoms with Crippen LogP contribution in [0.5, 0.6) is 0 Å². The van der Waals surface area contributed by atoms with Crippen LogP contribution in [0.3, 0.4) is 0 Å². The number of aryl methyl sites for hydroxylation is 1. The molecule has 6 nitrogen and oxygen atoms in total. The number of carbonyl (C=O) groups is 2. The minimum absolute atomic E-state index is 0.00675. The van der Waals surface area contributed by atoms with Crippen molar-refractivity contribution in [1.29, 1.82) is 0 Å². The second kappa shape index (κ2) is 6.49. The Morgan fingerprint density at radius 3 is 2.62 bits per heavy atom. The highest BCUT2D eigenvalue weighted by molar-refractivity contribution is 5.96. The fourth-order valence-electron chi connectivity index (χ4n) is 4.19. The van der Waals surface area contributed by atoms with E-state index in [4.69, 9.17) is 0 Å². The topological polar surface area (TPSA) is 57.6 Å². The Hall–Kier alpha value is -1.98. The molecule has 3 amide bonds. The van der Waals surface area contributed by atoms with Crippen LogP contribution in [0, 0.1) is 13.8 Å². The molecule has 132 valence electrons. The minimum Gasteiger partial charge on any atom is -0.346 e. The van der Waals surface area contributed by atoms with Crippen molar-refractivity contribution in [1.82, 2.24) is 19.7 Å². The van der Waals surface area contributed by atoms with Gasteiger partial charge in [-0.3, -0.25) is 4.79 Å². The van der Waals surface area contributed by atoms with Crippen LogP contribution in [-0.4, -0.2) is 58.5 Å². The number of urea groups is 1. The molecule has 0 radical (unpaired) electrons. The van der Waals surface area contributed by atoms with Gasteiger partial charge >= 0.3 is 6.03 Å². The normalized spacial score (nSPS) is 21.5. The van der Waals surface area contributed by atoms with E-state index in [2.05, 4.69) is 30.7 Å². The number of hydrogen-bond acceptors (Lipinski definition) is 2. The van der Waals surface area contributed by atoms with E-state index < -0.39 is 0 Å². The van der Waals surface area contributed by atoms with Crippen LogP contribution < -0.4 is 5.32 Å². The Morgan fingerprint density at radius 2 is 2.04 bits per heavy atom. The van der Waals surface area contributed by atoms with Gasteiger partial charge in [0.15, 0.2) is 0 Å². The average Bonchev–Trinajstić information content (AvgIpc) is 3.09. The van der Waals surface area contributed by atoms with Crippen LogP contribution in [0.1, 0.15) is 54.5 Å². The first-order valence-corrected chi connectivity index (χ1v) is 8.92. The number of aromatic nitrogens is 1. The highest BCUT2D eigenvalue weighted by Crippen LogP contribution is 2.24. The van der Waals surface area contributed by atoms with Crippen molar-refractivity contribution in [3.63, 3.8) is 0 Å². The Balaban J connectivity index is 1.77. The fourth-order valence-corrected chi connectivity index (χ4v) is 4.19. The number of carbonyl (C=O) groups excluding carboxylic acids is 2. The van der Waals surface area contributed by atoms with Crippen LogP contribution in [0.25, 0.3) is 0 Å². The van der Waals surface area contributed by atoms with E-state index >= 15 is 0 Å². The van der Waals surface area contributed by atoms with Gasteiger partial charge in [0.25, 0.3) is 5.91 Å². The number of hydrogen-bond donors (Lipinski definition) is 1. The van der Waals surface area contributed by atoms with Crippen molar-refractivity contribution in [3.05, 3.63) is 23.0 Å². The summed E-state index contributed by atoms with van der Waals surface area (Å²) < 4.78 is 2.21. The van der Waals surface area contributed by atoms with E-state index in [9.17, 15) is 9.59 Å². The summed E-state index contributed by atoms with van der Waals surface area (Å²) in [5.41, 5.74) is 2.96. The molecule has 0 bridgehead atoms. The zero-order valence-corrected chi connectivity index (χ0v) is 15.1. The van der Waals surface area contributed by atoms with Crippen LogP contribution in [0.2, 0.25) is 0 Å². The molecular weight excluding hydrogens is 304 g/mol. The van der Waals surface area contributed by atoms with Gasteiger partial charge in [-0.25, -0.2) is 4.79 Å². The quantitative estimate of drug-likeness (QED) is 0.923. The predicted molar refractivity (Wildman–Crippen MR) is 93.3 cm³/mol. The Morgan fingerprint density at radius 1 is 1.29 bits per heavy atom. The second-order valence-electron chi connectivity index (χ2n) is 7.22. The number of rotatable bonds is 3. The summed E-state index contributed by atoms with van der Waals surface area (Å²) in [7, 11) is 0. The summed E-state index contributed by atoms with van der Waals surface area (Å²) in [5, 5.41) is 2.86. The molecule has 1 N–H and O–H groups in total. The molecule has 6 heteroatoms. The lowest BCUT2D eigenvalue weighted by atomic mass is 10.0. The van der Waals surface area contributed by atoms with Crippen molar-refractivity contribution in [2.45, 2.75) is 52.6 Å². The maximum atomic E-state index is 13.0. The van der Waals surface area contributed by atoms with E-state index in [1.165, 1.54) is 0 Å². The number of nitrogens with zero attached hydrogens (tertiary/aromatic N) is 3. The molecule has 2 aliphatic heterocycles. The van der Waals surface area contributed by atoms with Crippen molar-refractivity contribution in [3.8, 4) is 0 Å². The smallest absolute Gasteiger partial charge is 0.317 e. The number of likely N-dealkylation sites (tertiary alicyclic amines) is 1. The maximum Gasteiger partial charge on any atom is 0.317 e. The summed E-state index contributed by atoms with van der Waals surface area (Å²) in [6.45, 7) is 11.2. The molecule has 24 heavy (non-hydrogen) atoms. The van der Waals surface area contributed by atoms with Gasteiger partial charge in [-0.15, -0.1) is 0 Å². The molecule has 0 aliphatic carbocycles. The third-order valence-corrected chi connectivity index (χ3v) is 5.25. The SMILES string of the molecule is Cc1cc(C(=O)N2CCC[C@@H](N3CCNC3=O)C2)c(C)n1C(C)C. The van der Waals surface area contributed by atoms with E-state index in [-0.39, 0.29) is 18.0 Å². The third kappa shape index (κ3) is 2.89. The van der Waals surface area contributed by atoms with Gasteiger partial charge in [0, 0.05) is 43.6 Å². The summed E-state index contributed by atoms with van der Waals surface area (Å²) in [6.07, 6.45) is 1.92. The zero-order valence-electron chi connectivity index (χ0n) is 15.1. The highest BCUT2D eigenvalue weighted by atomic mass is 16.2. The van der Waals surface area contributed by atoms with Crippen molar-refractivity contribution in [2.75, 3.05) is 26.2 Å². The zero-order chi connectivity index (χ0) is 17.4. The second-order valence-corrected chi connectivity index (χ2v) is 7.22. The summed E-state index contributed by atoms with van der Waals surface area (Å²) in [5.74, 6) is 0.0966. The molecule has 1 aromatic heterocycles. The number of piperidine rings is 1. The van der Waals surface area contributed by atoms with Gasteiger partial charge in [0.2, 0.25) is 0 Å². The monoisotopic (exact) mass is 332 g/mol. The molecule has 1 aromatic rings. The number of amides is 3. The fraction of sp³-hybridized carbons (Fsp3) is 0.667. The minimum atomic E-state index is 0.00675. The van der Waals surface area contributed by atoms with Gasteiger partial charge in [-0.2, -0.15) is 0 Å². The largest absolute Gasteiger partial charge is 0.346 e. The van der Waals surface area contributed by atoms with Gasteiger partial charge in [0.05, 0.1) is 11.6 Å². The lowest BCUT2D eigenvalue weighted by molar-refractivity contribution is 0.0633. The van der Waals surface area contributed by atoms with E-state index in [0.717, 1.165) is 42.9 Å². The molecule has 3 heterocycles. The molecule has 2 saturated heterocycles. The molecule has 0 unspecified atom stereocenters. The van der Waals surface area contributed by atoms with Crippen LogP contribution in [0.4, 0.5) is 4.79 Å². The highest BCUT2D eigenvalue weighted by Gasteiger charge is 2.33. The summed E-state index contributed by atoms with van der Waals surface area (Å²) in [6, 6.07) is 2.49. The van der Waals surface area contributed by atoms with Gasteiger partial charge in [0.1, 0.15) is 0 Å². The Labute approximate surface area is 143 Å². The first-order valence-electron chi connectivity index (χ1n) is 8.92.